The molecule has 3 rings (SSSR count). The summed E-state index contributed by atoms with van der Waals surface area (Å²) >= 11 is 5.92. The molecule has 2 fully saturated rings. The number of ether oxygens (including phenoxy) is 1. The molecular formula is C16H21ClN2O2. The zero-order chi connectivity index (χ0) is 14.7. The van der Waals surface area contributed by atoms with Crippen molar-refractivity contribution in [2.45, 2.75) is 25.4 Å². The molecule has 0 aromatic heterocycles. The first-order valence-electron chi connectivity index (χ1n) is 7.62. The number of nitrogens with zero attached hydrogens (tertiary/aromatic N) is 1. The maximum absolute atomic E-state index is 11.9. The van der Waals surface area contributed by atoms with Crippen LogP contribution in [0.3, 0.4) is 0 Å². The van der Waals surface area contributed by atoms with Crippen molar-refractivity contribution < 1.29 is 9.53 Å². The molecule has 2 atom stereocenters. The molecule has 114 valence electrons. The van der Waals surface area contributed by atoms with Gasteiger partial charge in [0.15, 0.2) is 0 Å². The van der Waals surface area contributed by atoms with Gasteiger partial charge in [-0.05, 0) is 49.4 Å². The van der Waals surface area contributed by atoms with E-state index in [0.717, 1.165) is 43.9 Å². The van der Waals surface area contributed by atoms with E-state index in [-0.39, 0.29) is 12.0 Å². The average Bonchev–Trinajstić information content (AvgIpc) is 3.17. The Kier molecular flexibility index (Phi) is 4.66. The lowest BCUT2D eigenvalue weighted by molar-refractivity contribution is -0.130. The number of rotatable bonds is 4. The Bertz CT molecular complexity index is 486. The van der Waals surface area contributed by atoms with Crippen LogP contribution in [0.1, 0.15) is 19.3 Å². The van der Waals surface area contributed by atoms with Gasteiger partial charge < -0.3 is 15.0 Å². The molecule has 0 spiro atoms. The molecule has 21 heavy (non-hydrogen) atoms. The number of anilines is 1. The Balaban J connectivity index is 1.46. The quantitative estimate of drug-likeness (QED) is 0.929. The number of amides is 1. The summed E-state index contributed by atoms with van der Waals surface area (Å²) in [5, 5.41) is 3.80. The molecule has 2 aliphatic rings. The predicted octanol–water partition coefficient (Wildman–Crippen LogP) is 2.46. The van der Waals surface area contributed by atoms with Crippen molar-refractivity contribution in [1.29, 1.82) is 0 Å². The van der Waals surface area contributed by atoms with Gasteiger partial charge in [-0.3, -0.25) is 4.79 Å². The van der Waals surface area contributed by atoms with Crippen molar-refractivity contribution in [3.05, 3.63) is 29.3 Å². The van der Waals surface area contributed by atoms with E-state index in [0.29, 0.717) is 12.5 Å². The first-order valence-corrected chi connectivity index (χ1v) is 8.00. The van der Waals surface area contributed by atoms with Crippen LogP contribution in [0.15, 0.2) is 24.3 Å². The molecule has 0 unspecified atom stereocenters. The van der Waals surface area contributed by atoms with Gasteiger partial charge in [0, 0.05) is 37.0 Å². The fourth-order valence-electron chi connectivity index (χ4n) is 3.03. The van der Waals surface area contributed by atoms with Gasteiger partial charge in [-0.1, -0.05) is 11.6 Å². The molecule has 0 saturated carbocycles. The highest BCUT2D eigenvalue weighted by molar-refractivity contribution is 6.30. The first kappa shape index (κ1) is 14.7. The lowest BCUT2D eigenvalue weighted by Gasteiger charge is -2.19. The number of hydrogen-bond donors (Lipinski definition) is 1. The van der Waals surface area contributed by atoms with Crippen molar-refractivity contribution >= 4 is 23.2 Å². The second-order valence-electron chi connectivity index (χ2n) is 5.82. The maximum atomic E-state index is 11.9. The van der Waals surface area contributed by atoms with Gasteiger partial charge in [0.25, 0.3) is 0 Å². The van der Waals surface area contributed by atoms with Crippen molar-refractivity contribution in [3.63, 3.8) is 0 Å². The topological polar surface area (TPSA) is 41.6 Å². The number of benzene rings is 1. The van der Waals surface area contributed by atoms with E-state index in [4.69, 9.17) is 16.3 Å². The van der Waals surface area contributed by atoms with Gasteiger partial charge in [0.05, 0.1) is 0 Å². The van der Waals surface area contributed by atoms with E-state index in [1.807, 2.05) is 12.1 Å². The number of carbonyl (C=O) groups excluding carboxylic acids is 1. The summed E-state index contributed by atoms with van der Waals surface area (Å²) in [6.07, 6.45) is 2.73. The van der Waals surface area contributed by atoms with Crippen LogP contribution in [-0.2, 0) is 9.53 Å². The molecule has 2 heterocycles. The Labute approximate surface area is 130 Å². The summed E-state index contributed by atoms with van der Waals surface area (Å²) in [5.74, 6) is 0.559. The number of halogens is 1. The SMILES string of the molecule is O=C(NC[C@@H]1CCN(c2ccc(Cl)cc2)C1)[C@@H]1CCCO1. The van der Waals surface area contributed by atoms with Crippen molar-refractivity contribution in [1.82, 2.24) is 5.32 Å². The van der Waals surface area contributed by atoms with Crippen LogP contribution in [0.5, 0.6) is 0 Å². The summed E-state index contributed by atoms with van der Waals surface area (Å²) < 4.78 is 5.40. The highest BCUT2D eigenvalue weighted by Crippen LogP contribution is 2.25. The first-order chi connectivity index (χ1) is 10.2. The van der Waals surface area contributed by atoms with Crippen LogP contribution >= 0.6 is 11.6 Å². The molecule has 1 aromatic carbocycles. The van der Waals surface area contributed by atoms with Crippen LogP contribution < -0.4 is 10.2 Å². The van der Waals surface area contributed by atoms with Crippen molar-refractivity contribution in [3.8, 4) is 0 Å². The minimum Gasteiger partial charge on any atom is -0.371 e. The Morgan fingerprint density at radius 2 is 2.14 bits per heavy atom. The standard InChI is InChI=1S/C16H21ClN2O2/c17-13-3-5-14(6-4-13)19-8-7-12(11-19)10-18-16(20)15-2-1-9-21-15/h3-6,12,15H,1-2,7-11H2,(H,18,20)/t12-,15-/m0/s1. The van der Waals surface area contributed by atoms with Crippen LogP contribution in [0.25, 0.3) is 0 Å². The number of carbonyl (C=O) groups is 1. The van der Waals surface area contributed by atoms with Gasteiger partial charge in [-0.2, -0.15) is 0 Å². The zero-order valence-corrected chi connectivity index (χ0v) is 12.8. The molecule has 1 amide bonds. The number of hydrogen-bond acceptors (Lipinski definition) is 3. The summed E-state index contributed by atoms with van der Waals surface area (Å²) in [7, 11) is 0. The fourth-order valence-corrected chi connectivity index (χ4v) is 3.15. The predicted molar refractivity (Wildman–Crippen MR) is 83.8 cm³/mol. The van der Waals surface area contributed by atoms with Crippen LogP contribution in [0.2, 0.25) is 5.02 Å². The van der Waals surface area contributed by atoms with Gasteiger partial charge in [-0.25, -0.2) is 0 Å². The minimum atomic E-state index is -0.223. The second-order valence-corrected chi connectivity index (χ2v) is 6.26. The lowest BCUT2D eigenvalue weighted by atomic mass is 10.1. The summed E-state index contributed by atoms with van der Waals surface area (Å²) in [6.45, 7) is 3.46. The van der Waals surface area contributed by atoms with Gasteiger partial charge in [-0.15, -0.1) is 0 Å². The third-order valence-corrected chi connectivity index (χ3v) is 4.52. The average molecular weight is 309 g/mol. The Morgan fingerprint density at radius 3 is 2.86 bits per heavy atom. The molecule has 4 nitrogen and oxygen atoms in total. The van der Waals surface area contributed by atoms with E-state index in [1.54, 1.807) is 0 Å². The molecule has 0 bridgehead atoms. The lowest BCUT2D eigenvalue weighted by Crippen LogP contribution is -2.37. The summed E-state index contributed by atoms with van der Waals surface area (Å²) in [5.41, 5.74) is 1.20. The largest absolute Gasteiger partial charge is 0.371 e. The second kappa shape index (κ2) is 6.67. The molecule has 2 aliphatic heterocycles. The molecular weight excluding hydrogens is 288 g/mol. The van der Waals surface area contributed by atoms with E-state index in [1.165, 1.54) is 5.69 Å². The van der Waals surface area contributed by atoms with Gasteiger partial charge in [0.2, 0.25) is 5.91 Å². The van der Waals surface area contributed by atoms with E-state index >= 15 is 0 Å². The third-order valence-electron chi connectivity index (χ3n) is 4.26. The van der Waals surface area contributed by atoms with E-state index in [9.17, 15) is 4.79 Å². The zero-order valence-electron chi connectivity index (χ0n) is 12.1. The Hall–Kier alpha value is -1.26. The molecule has 2 saturated heterocycles. The summed E-state index contributed by atoms with van der Waals surface area (Å²) in [4.78, 5) is 14.3. The van der Waals surface area contributed by atoms with Crippen molar-refractivity contribution in [2.75, 3.05) is 31.1 Å². The van der Waals surface area contributed by atoms with E-state index < -0.39 is 0 Å². The fraction of sp³-hybridized carbons (Fsp3) is 0.562. The normalized spacial score (nSPS) is 25.3. The van der Waals surface area contributed by atoms with Crippen molar-refractivity contribution in [2.24, 2.45) is 5.92 Å². The van der Waals surface area contributed by atoms with E-state index in [2.05, 4.69) is 22.3 Å². The highest BCUT2D eigenvalue weighted by Gasteiger charge is 2.26. The minimum absolute atomic E-state index is 0.0532. The molecule has 1 aromatic rings. The summed E-state index contributed by atoms with van der Waals surface area (Å²) in [6, 6.07) is 7.94. The Morgan fingerprint density at radius 1 is 1.33 bits per heavy atom. The smallest absolute Gasteiger partial charge is 0.249 e. The van der Waals surface area contributed by atoms with Gasteiger partial charge >= 0.3 is 0 Å². The monoisotopic (exact) mass is 308 g/mol. The number of nitrogens with one attached hydrogen (secondary N) is 1. The molecule has 0 aliphatic carbocycles. The molecule has 5 heteroatoms. The highest BCUT2D eigenvalue weighted by atomic mass is 35.5. The van der Waals surface area contributed by atoms with Crippen LogP contribution in [0.4, 0.5) is 5.69 Å². The van der Waals surface area contributed by atoms with Crippen LogP contribution in [0, 0.1) is 5.92 Å². The maximum Gasteiger partial charge on any atom is 0.249 e. The van der Waals surface area contributed by atoms with Gasteiger partial charge in [0.1, 0.15) is 6.10 Å². The third kappa shape index (κ3) is 3.69. The van der Waals surface area contributed by atoms with Crippen LogP contribution in [-0.4, -0.2) is 38.3 Å². The molecule has 1 N–H and O–H groups in total. The molecule has 0 radical (unpaired) electrons.